The highest BCUT2D eigenvalue weighted by molar-refractivity contribution is 8.20. The minimum absolute atomic E-state index is 0. The molecule has 5 heteroatoms. The Labute approximate surface area is 162 Å². The van der Waals surface area contributed by atoms with E-state index in [0.717, 1.165) is 13.0 Å². The fraction of sp³-hybridized carbons (Fsp3) is 0.250. The van der Waals surface area contributed by atoms with Gasteiger partial charge in [-0.2, -0.15) is 0 Å². The molecular weight excluding hydrogens is 368 g/mol. The van der Waals surface area contributed by atoms with E-state index in [1.54, 1.807) is 0 Å². The molecule has 0 amide bonds. The van der Waals surface area contributed by atoms with Gasteiger partial charge in [0.05, 0.1) is 12.9 Å². The van der Waals surface area contributed by atoms with Crippen molar-refractivity contribution in [3.05, 3.63) is 77.9 Å². The first-order chi connectivity index (χ1) is 11.8. The second-order valence-electron chi connectivity index (χ2n) is 6.39. The van der Waals surface area contributed by atoms with Gasteiger partial charge in [-0.25, -0.2) is 4.98 Å². The summed E-state index contributed by atoms with van der Waals surface area (Å²) >= 11 is 4.17. The van der Waals surface area contributed by atoms with Crippen LogP contribution in [0.15, 0.2) is 61.2 Å². The third-order valence-electron chi connectivity index (χ3n) is 4.94. The molecule has 2 heterocycles. The van der Waals surface area contributed by atoms with Crippen molar-refractivity contribution in [2.45, 2.75) is 17.0 Å². The SMILES string of the molecule is Cl.c1ccc2c(c1)Cc1cc(C3(Cn4ccnc4)SCCS3)ccc1-2. The molecule has 1 aliphatic carbocycles. The van der Waals surface area contributed by atoms with Gasteiger partial charge in [0.2, 0.25) is 0 Å². The van der Waals surface area contributed by atoms with Gasteiger partial charge < -0.3 is 4.57 Å². The lowest BCUT2D eigenvalue weighted by atomic mass is 10.0. The lowest BCUT2D eigenvalue weighted by Gasteiger charge is -2.29. The summed E-state index contributed by atoms with van der Waals surface area (Å²) in [5.41, 5.74) is 7.22. The van der Waals surface area contributed by atoms with Crippen molar-refractivity contribution >= 4 is 35.9 Å². The van der Waals surface area contributed by atoms with Gasteiger partial charge in [-0.3, -0.25) is 0 Å². The Balaban J connectivity index is 0.00000157. The summed E-state index contributed by atoms with van der Waals surface area (Å²) in [6, 6.07) is 15.9. The lowest BCUT2D eigenvalue weighted by Crippen LogP contribution is -2.22. The molecule has 128 valence electrons. The number of thioether (sulfide) groups is 2. The molecule has 1 aliphatic heterocycles. The van der Waals surface area contributed by atoms with Crippen LogP contribution in [0.2, 0.25) is 0 Å². The van der Waals surface area contributed by atoms with Gasteiger partial charge in [-0.1, -0.05) is 42.5 Å². The van der Waals surface area contributed by atoms with Crippen molar-refractivity contribution < 1.29 is 0 Å². The van der Waals surface area contributed by atoms with Gasteiger partial charge in [0.25, 0.3) is 0 Å². The predicted molar refractivity (Wildman–Crippen MR) is 111 cm³/mol. The number of hydrogen-bond acceptors (Lipinski definition) is 3. The van der Waals surface area contributed by atoms with Crippen molar-refractivity contribution in [3.8, 4) is 11.1 Å². The molecule has 0 spiro atoms. The van der Waals surface area contributed by atoms with E-state index in [2.05, 4.69) is 81.7 Å². The maximum atomic E-state index is 4.22. The fourth-order valence-electron chi connectivity index (χ4n) is 3.81. The van der Waals surface area contributed by atoms with Gasteiger partial charge in [0, 0.05) is 23.9 Å². The van der Waals surface area contributed by atoms with Gasteiger partial charge in [0.1, 0.15) is 4.08 Å². The van der Waals surface area contributed by atoms with Gasteiger partial charge in [-0.15, -0.1) is 35.9 Å². The van der Waals surface area contributed by atoms with Crippen LogP contribution in [0.4, 0.5) is 0 Å². The number of aromatic nitrogens is 2. The highest BCUT2D eigenvalue weighted by Gasteiger charge is 2.38. The number of hydrogen-bond donors (Lipinski definition) is 0. The molecule has 1 saturated heterocycles. The molecular formula is C20H19ClN2S2. The van der Waals surface area contributed by atoms with Gasteiger partial charge in [-0.05, 0) is 34.2 Å². The Kier molecular flexibility index (Phi) is 4.61. The predicted octanol–water partition coefficient (Wildman–Crippen LogP) is 5.21. The van der Waals surface area contributed by atoms with E-state index in [1.807, 2.05) is 12.5 Å². The second kappa shape index (κ2) is 6.75. The first-order valence-electron chi connectivity index (χ1n) is 8.29. The molecule has 5 rings (SSSR count). The van der Waals surface area contributed by atoms with E-state index >= 15 is 0 Å². The second-order valence-corrected chi connectivity index (χ2v) is 9.44. The monoisotopic (exact) mass is 386 g/mol. The Morgan fingerprint density at radius 2 is 1.80 bits per heavy atom. The fourth-order valence-corrected chi connectivity index (χ4v) is 7.03. The average Bonchev–Trinajstić information content (AvgIpc) is 3.34. The van der Waals surface area contributed by atoms with Gasteiger partial charge in [0.15, 0.2) is 0 Å². The quantitative estimate of drug-likeness (QED) is 0.481. The van der Waals surface area contributed by atoms with Crippen LogP contribution in [0, 0.1) is 0 Å². The summed E-state index contributed by atoms with van der Waals surface area (Å²) < 4.78 is 2.33. The number of nitrogens with zero attached hydrogens (tertiary/aromatic N) is 2. The third-order valence-corrected chi connectivity index (χ3v) is 8.38. The van der Waals surface area contributed by atoms with E-state index in [4.69, 9.17) is 0 Å². The molecule has 0 N–H and O–H groups in total. The highest BCUT2D eigenvalue weighted by atomic mass is 35.5. The summed E-state index contributed by atoms with van der Waals surface area (Å²) in [5.74, 6) is 2.44. The smallest absolute Gasteiger partial charge is 0.104 e. The summed E-state index contributed by atoms with van der Waals surface area (Å²) in [6.45, 7) is 0.980. The normalized spacial score (nSPS) is 17.0. The molecule has 0 atom stereocenters. The molecule has 0 saturated carbocycles. The molecule has 1 fully saturated rings. The van der Waals surface area contributed by atoms with Crippen molar-refractivity contribution in [3.63, 3.8) is 0 Å². The third kappa shape index (κ3) is 2.90. The highest BCUT2D eigenvalue weighted by Crippen LogP contribution is 2.54. The Hall–Kier alpha value is -1.36. The van der Waals surface area contributed by atoms with Crippen LogP contribution in [0.5, 0.6) is 0 Å². The van der Waals surface area contributed by atoms with Gasteiger partial charge >= 0.3 is 0 Å². The Bertz CT molecular complexity index is 886. The molecule has 2 aliphatic rings. The molecule has 2 aromatic carbocycles. The summed E-state index contributed by atoms with van der Waals surface area (Å²) in [4.78, 5) is 4.22. The first-order valence-corrected chi connectivity index (χ1v) is 10.3. The largest absolute Gasteiger partial charge is 0.335 e. The Morgan fingerprint density at radius 1 is 1.00 bits per heavy atom. The average molecular weight is 387 g/mol. The summed E-state index contributed by atoms with van der Waals surface area (Å²) in [6.07, 6.45) is 6.95. The maximum absolute atomic E-state index is 4.22. The van der Waals surface area contributed by atoms with Crippen LogP contribution < -0.4 is 0 Å². The van der Waals surface area contributed by atoms with E-state index in [1.165, 1.54) is 39.3 Å². The molecule has 0 radical (unpaired) electrons. The molecule has 2 nitrogen and oxygen atoms in total. The van der Waals surface area contributed by atoms with E-state index < -0.39 is 0 Å². The van der Waals surface area contributed by atoms with Crippen LogP contribution >= 0.6 is 35.9 Å². The van der Waals surface area contributed by atoms with Crippen LogP contribution in [-0.4, -0.2) is 21.1 Å². The standard InChI is InChI=1S/C20H18N2S2.ClH/c1-2-4-18-15(3-1)11-16-12-17(5-6-19(16)18)20(23-9-10-24-20)13-22-8-7-21-14-22;/h1-8,12,14H,9-11,13H2;1H. The number of rotatable bonds is 3. The zero-order valence-electron chi connectivity index (χ0n) is 13.7. The Morgan fingerprint density at radius 3 is 2.60 bits per heavy atom. The van der Waals surface area contributed by atoms with Crippen molar-refractivity contribution in [2.75, 3.05) is 11.5 Å². The molecule has 0 bridgehead atoms. The topological polar surface area (TPSA) is 17.8 Å². The number of fused-ring (bicyclic) bond motifs is 3. The maximum Gasteiger partial charge on any atom is 0.104 e. The lowest BCUT2D eigenvalue weighted by molar-refractivity contribution is 0.652. The number of halogens is 1. The van der Waals surface area contributed by atoms with Crippen LogP contribution in [0.3, 0.4) is 0 Å². The number of benzene rings is 2. The molecule has 25 heavy (non-hydrogen) atoms. The van der Waals surface area contributed by atoms with E-state index in [-0.39, 0.29) is 16.5 Å². The number of imidazole rings is 1. The summed E-state index contributed by atoms with van der Waals surface area (Å²) in [7, 11) is 0. The molecule has 0 unspecified atom stereocenters. The molecule has 3 aromatic rings. The minimum Gasteiger partial charge on any atom is -0.335 e. The van der Waals surface area contributed by atoms with Crippen molar-refractivity contribution in [1.29, 1.82) is 0 Å². The zero-order valence-corrected chi connectivity index (χ0v) is 16.2. The summed E-state index contributed by atoms with van der Waals surface area (Å²) in [5, 5.41) is 0. The zero-order chi connectivity index (χ0) is 16.0. The van der Waals surface area contributed by atoms with E-state index in [0.29, 0.717) is 0 Å². The van der Waals surface area contributed by atoms with Crippen molar-refractivity contribution in [2.24, 2.45) is 0 Å². The van der Waals surface area contributed by atoms with Crippen molar-refractivity contribution in [1.82, 2.24) is 9.55 Å². The van der Waals surface area contributed by atoms with E-state index in [9.17, 15) is 0 Å². The minimum atomic E-state index is 0. The van der Waals surface area contributed by atoms with Crippen LogP contribution in [-0.2, 0) is 17.0 Å². The van der Waals surface area contributed by atoms with Crippen LogP contribution in [0.1, 0.15) is 16.7 Å². The first kappa shape index (κ1) is 17.1. The van der Waals surface area contributed by atoms with Crippen LogP contribution in [0.25, 0.3) is 11.1 Å². The molecule has 1 aromatic heterocycles.